The van der Waals surface area contributed by atoms with Gasteiger partial charge in [-0.25, -0.2) is 0 Å². The maximum atomic E-state index is 9.22. The SMILES string of the molecule is Brc1cc2sc3cc(Br)sc3c2s1.CC.CC.COc1cccc(OC(C)C)c1-c1cc2sc3cc(-c4c(OC)cccc4OC(C)C)sc3c2s1.COc1cccc(OC(C)C)c1B(O)O. The number of hydrogen-bond acceptors (Lipinski definition) is 14. The first-order valence-electron chi connectivity index (χ1n) is 21.8. The Morgan fingerprint density at radius 3 is 1.10 bits per heavy atom. The molecule has 0 amide bonds. The molecule has 0 aliphatic carbocycles. The zero-order chi connectivity index (χ0) is 49.1. The topological polar surface area (TPSA) is 95.8 Å². The van der Waals surface area contributed by atoms with Crippen molar-refractivity contribution in [3.63, 3.8) is 0 Å². The number of methoxy groups -OCH3 is 3. The molecule has 3 aromatic carbocycles. The van der Waals surface area contributed by atoms with Gasteiger partial charge in [0.05, 0.1) is 82.6 Å². The third-order valence-corrected chi connectivity index (χ3v) is 17.7. The smallest absolute Gasteiger partial charge is 0.496 e. The first kappa shape index (κ1) is 54.6. The summed E-state index contributed by atoms with van der Waals surface area (Å²) in [5, 5.41) is 18.4. The van der Waals surface area contributed by atoms with Crippen LogP contribution in [0.1, 0.15) is 69.2 Å². The first-order chi connectivity index (χ1) is 32.2. The number of ether oxygens (including phenoxy) is 6. The predicted molar refractivity (Wildman–Crippen MR) is 302 cm³/mol. The van der Waals surface area contributed by atoms with E-state index in [4.69, 9.17) is 28.4 Å². The van der Waals surface area contributed by atoms with Gasteiger partial charge in [0, 0.05) is 28.6 Å². The van der Waals surface area contributed by atoms with Crippen LogP contribution in [0.5, 0.6) is 34.5 Å². The van der Waals surface area contributed by atoms with Crippen LogP contribution in [0.3, 0.4) is 0 Å². The van der Waals surface area contributed by atoms with E-state index in [2.05, 4.69) is 56.1 Å². The van der Waals surface area contributed by atoms with E-state index in [1.807, 2.05) is 151 Å². The van der Waals surface area contributed by atoms with Crippen LogP contribution < -0.4 is 33.9 Å². The van der Waals surface area contributed by atoms with Crippen LogP contribution in [0.25, 0.3) is 58.5 Å². The first-order valence-corrected chi connectivity index (χ1v) is 28.3. The molecule has 0 unspecified atom stereocenters. The zero-order valence-electron chi connectivity index (χ0n) is 39.9. The summed E-state index contributed by atoms with van der Waals surface area (Å²) in [6, 6.07) is 26.0. The van der Waals surface area contributed by atoms with Gasteiger partial charge in [0.25, 0.3) is 0 Å². The van der Waals surface area contributed by atoms with E-state index in [9.17, 15) is 10.0 Å². The minimum Gasteiger partial charge on any atom is -0.497 e. The number of rotatable bonds is 12. The molecule has 67 heavy (non-hydrogen) atoms. The van der Waals surface area contributed by atoms with Gasteiger partial charge in [-0.1, -0.05) is 45.9 Å². The molecule has 6 aromatic heterocycles. The summed E-state index contributed by atoms with van der Waals surface area (Å²) in [5.41, 5.74) is 2.28. The second-order valence-electron chi connectivity index (χ2n) is 14.7. The quantitative estimate of drug-likeness (QED) is 0.117. The van der Waals surface area contributed by atoms with Gasteiger partial charge >= 0.3 is 7.12 Å². The Morgan fingerprint density at radius 1 is 0.433 bits per heavy atom. The molecule has 0 radical (unpaired) electrons. The predicted octanol–water partition coefficient (Wildman–Crippen LogP) is 17.0. The lowest BCUT2D eigenvalue weighted by Crippen LogP contribution is -2.33. The Hall–Kier alpha value is -3.36. The molecule has 0 aliphatic rings. The van der Waals surface area contributed by atoms with Gasteiger partial charge in [-0.2, -0.15) is 0 Å². The Labute approximate surface area is 435 Å². The lowest BCUT2D eigenvalue weighted by atomic mass is 9.78. The molecule has 0 saturated carbocycles. The molecule has 0 saturated heterocycles. The summed E-state index contributed by atoms with van der Waals surface area (Å²) in [7, 11) is 3.29. The molecular formula is C50H57BBr2O8S6. The van der Waals surface area contributed by atoms with E-state index in [1.54, 1.807) is 55.1 Å². The standard InChI is InChI=1S/C28H28O4S3.C10H15BO4.C8H2Br2S3.2C2H6/c1-15(2)31-19-11-7-9-17(29-5)25(19)21-13-23-27(34-21)28-24(33-23)14-22(35-28)26-18(30-6)10-8-12-20(26)32-16(3)4;1-7(2)15-9-6-4-5-8(14-3)10(9)11(12)13;9-5-1-3-7(12-5)8-4(11-3)2-6(10)13-8;2*1-2/h7-16H,1-6H3;4-7,12-13H,1-3H3;1-2H;2*1-2H3. The maximum absolute atomic E-state index is 9.22. The van der Waals surface area contributed by atoms with Gasteiger partial charge in [-0.3, -0.25) is 0 Å². The van der Waals surface area contributed by atoms with Crippen LogP contribution >= 0.6 is 99.9 Å². The molecule has 0 bridgehead atoms. The summed E-state index contributed by atoms with van der Waals surface area (Å²) >= 11 is 17.9. The molecule has 8 nitrogen and oxygen atoms in total. The van der Waals surface area contributed by atoms with Crippen molar-refractivity contribution in [2.24, 2.45) is 0 Å². The molecule has 9 rings (SSSR count). The van der Waals surface area contributed by atoms with Crippen LogP contribution in [-0.4, -0.2) is 56.8 Å². The normalized spacial score (nSPS) is 10.9. The monoisotopic (exact) mass is 1150 g/mol. The van der Waals surface area contributed by atoms with Gasteiger partial charge < -0.3 is 38.5 Å². The summed E-state index contributed by atoms with van der Waals surface area (Å²) in [4.78, 5) is 2.30. The van der Waals surface area contributed by atoms with Crippen molar-refractivity contribution < 1.29 is 38.5 Å². The van der Waals surface area contributed by atoms with Crippen molar-refractivity contribution in [3.8, 4) is 55.4 Å². The van der Waals surface area contributed by atoms with E-state index in [0.29, 0.717) is 11.5 Å². The van der Waals surface area contributed by atoms with E-state index in [1.165, 1.54) is 52.3 Å². The molecule has 0 spiro atoms. The number of hydrogen-bond donors (Lipinski definition) is 2. The van der Waals surface area contributed by atoms with Crippen molar-refractivity contribution in [1.82, 2.24) is 0 Å². The Morgan fingerprint density at radius 2 is 0.746 bits per heavy atom. The molecule has 0 fully saturated rings. The molecule has 358 valence electrons. The number of benzene rings is 3. The van der Waals surface area contributed by atoms with Crippen LogP contribution in [0, 0.1) is 0 Å². The van der Waals surface area contributed by atoms with Gasteiger partial charge in [-0.05, 0) is 134 Å². The molecule has 2 N–H and O–H groups in total. The second kappa shape index (κ2) is 25.5. The van der Waals surface area contributed by atoms with E-state index in [0.717, 1.165) is 43.9 Å². The number of halogens is 2. The molecule has 0 atom stereocenters. The lowest BCUT2D eigenvalue weighted by Gasteiger charge is -2.16. The van der Waals surface area contributed by atoms with Crippen LogP contribution in [0.2, 0.25) is 0 Å². The fraction of sp³-hybridized carbons (Fsp3) is 0.320. The summed E-state index contributed by atoms with van der Waals surface area (Å²) in [6.45, 7) is 19.9. The third-order valence-electron chi connectivity index (χ3n) is 9.09. The highest BCUT2D eigenvalue weighted by molar-refractivity contribution is 9.11. The molecular weight excluding hydrogens is 1090 g/mol. The largest absolute Gasteiger partial charge is 0.497 e. The average molecular weight is 1150 g/mol. The van der Waals surface area contributed by atoms with Crippen LogP contribution in [0.15, 0.2) is 86.4 Å². The van der Waals surface area contributed by atoms with Crippen molar-refractivity contribution in [3.05, 3.63) is 86.4 Å². The number of fused-ring (bicyclic) bond motifs is 6. The molecule has 6 heterocycles. The minimum atomic E-state index is -1.60. The van der Waals surface area contributed by atoms with E-state index >= 15 is 0 Å². The van der Waals surface area contributed by atoms with E-state index in [-0.39, 0.29) is 23.8 Å². The second-order valence-corrected chi connectivity index (χ2v) is 23.8. The average Bonchev–Trinajstić information content (AvgIpc) is 4.15. The summed E-state index contributed by atoms with van der Waals surface area (Å²) < 4.78 is 47.4. The van der Waals surface area contributed by atoms with Gasteiger partial charge in [0.1, 0.15) is 34.5 Å². The fourth-order valence-corrected chi connectivity index (χ4v) is 16.1. The van der Waals surface area contributed by atoms with Gasteiger partial charge in [0.2, 0.25) is 0 Å². The van der Waals surface area contributed by atoms with Crippen LogP contribution in [-0.2, 0) is 0 Å². The zero-order valence-corrected chi connectivity index (χ0v) is 47.9. The highest BCUT2D eigenvalue weighted by Crippen LogP contribution is 2.53. The summed E-state index contributed by atoms with van der Waals surface area (Å²) in [5.74, 6) is 4.18. The Kier molecular flexibility index (Phi) is 20.8. The van der Waals surface area contributed by atoms with Crippen molar-refractivity contribution in [2.45, 2.75) is 87.5 Å². The molecule has 17 heteroatoms. The van der Waals surface area contributed by atoms with Crippen molar-refractivity contribution >= 4 is 150 Å². The molecule has 0 aliphatic heterocycles. The van der Waals surface area contributed by atoms with Gasteiger partial charge in [0.15, 0.2) is 0 Å². The highest BCUT2D eigenvalue weighted by atomic mass is 79.9. The van der Waals surface area contributed by atoms with Crippen LogP contribution in [0.4, 0.5) is 0 Å². The number of thiophene rings is 6. The van der Waals surface area contributed by atoms with Gasteiger partial charge in [-0.15, -0.1) is 68.0 Å². The lowest BCUT2D eigenvalue weighted by molar-refractivity contribution is 0.242. The Bertz CT molecular complexity index is 2810. The van der Waals surface area contributed by atoms with Crippen molar-refractivity contribution in [2.75, 3.05) is 21.3 Å². The minimum absolute atomic E-state index is 0.0328. The highest BCUT2D eigenvalue weighted by Gasteiger charge is 2.24. The third kappa shape index (κ3) is 13.1. The van der Waals surface area contributed by atoms with E-state index < -0.39 is 7.12 Å². The van der Waals surface area contributed by atoms with Crippen molar-refractivity contribution in [1.29, 1.82) is 0 Å². The maximum Gasteiger partial charge on any atom is 0.496 e. The fourth-order valence-electron chi connectivity index (χ4n) is 6.73. The molecule has 9 aromatic rings. The summed E-state index contributed by atoms with van der Waals surface area (Å²) in [6.07, 6.45) is 0.128. The Balaban J connectivity index is 0.000000215.